The second-order valence-corrected chi connectivity index (χ2v) is 3.66. The summed E-state index contributed by atoms with van der Waals surface area (Å²) in [5, 5.41) is 20.5. The first-order chi connectivity index (χ1) is 9.11. The minimum atomic E-state index is -0.561. The van der Waals surface area contributed by atoms with Gasteiger partial charge in [-0.1, -0.05) is 12.1 Å². The maximum Gasteiger partial charge on any atom is 0.311 e. The van der Waals surface area contributed by atoms with E-state index in [1.54, 1.807) is 12.1 Å². The average molecular weight is 261 g/mol. The predicted octanol–water partition coefficient (Wildman–Crippen LogP) is 3.10. The van der Waals surface area contributed by atoms with Gasteiger partial charge in [0.1, 0.15) is 5.75 Å². The molecule has 2 rings (SSSR count). The van der Waals surface area contributed by atoms with Crippen molar-refractivity contribution in [2.75, 3.05) is 7.11 Å². The third-order valence-corrected chi connectivity index (χ3v) is 2.45. The van der Waals surface area contributed by atoms with Crippen LogP contribution in [-0.2, 0) is 0 Å². The van der Waals surface area contributed by atoms with Crippen LogP contribution in [0.15, 0.2) is 42.5 Å². The third-order valence-electron chi connectivity index (χ3n) is 2.45. The first kappa shape index (κ1) is 12.7. The zero-order valence-corrected chi connectivity index (χ0v) is 10.1. The lowest BCUT2D eigenvalue weighted by Crippen LogP contribution is -1.94. The molecule has 0 radical (unpaired) electrons. The fourth-order valence-electron chi connectivity index (χ4n) is 1.52. The molecule has 0 atom stereocenters. The smallest absolute Gasteiger partial charge is 0.311 e. The van der Waals surface area contributed by atoms with Crippen LogP contribution in [-0.4, -0.2) is 17.1 Å². The highest BCUT2D eigenvalue weighted by Crippen LogP contribution is 2.37. The highest BCUT2D eigenvalue weighted by atomic mass is 16.6. The quantitative estimate of drug-likeness (QED) is 0.675. The summed E-state index contributed by atoms with van der Waals surface area (Å²) in [7, 11) is 1.45. The van der Waals surface area contributed by atoms with Crippen molar-refractivity contribution in [3.8, 4) is 23.0 Å². The van der Waals surface area contributed by atoms with Gasteiger partial charge in [-0.05, 0) is 18.2 Å². The molecule has 0 aromatic heterocycles. The Hall–Kier alpha value is -2.76. The van der Waals surface area contributed by atoms with Crippen LogP contribution in [0.1, 0.15) is 0 Å². The molecule has 2 aromatic carbocycles. The van der Waals surface area contributed by atoms with Crippen molar-refractivity contribution in [2.45, 2.75) is 0 Å². The van der Waals surface area contributed by atoms with E-state index in [1.807, 2.05) is 0 Å². The van der Waals surface area contributed by atoms with Crippen molar-refractivity contribution in [3.05, 3.63) is 52.6 Å². The molecule has 0 unspecified atom stereocenters. The van der Waals surface area contributed by atoms with Crippen LogP contribution in [0, 0.1) is 10.1 Å². The molecule has 19 heavy (non-hydrogen) atoms. The van der Waals surface area contributed by atoms with E-state index in [0.717, 1.165) is 0 Å². The fraction of sp³-hybridized carbons (Fsp3) is 0.0769. The Morgan fingerprint density at radius 2 is 1.89 bits per heavy atom. The Morgan fingerprint density at radius 3 is 2.53 bits per heavy atom. The second kappa shape index (κ2) is 5.26. The molecule has 0 aliphatic carbocycles. The van der Waals surface area contributed by atoms with Gasteiger partial charge in [0.25, 0.3) is 0 Å². The molecule has 6 heteroatoms. The Kier molecular flexibility index (Phi) is 3.51. The number of aromatic hydroxyl groups is 1. The highest BCUT2D eigenvalue weighted by molar-refractivity contribution is 5.53. The Morgan fingerprint density at radius 1 is 1.16 bits per heavy atom. The normalized spacial score (nSPS) is 9.95. The number of ether oxygens (including phenoxy) is 2. The summed E-state index contributed by atoms with van der Waals surface area (Å²) in [6, 6.07) is 10.4. The molecule has 0 bridgehead atoms. The number of benzene rings is 2. The molecule has 0 saturated carbocycles. The molecule has 0 fully saturated rings. The molecule has 6 nitrogen and oxygen atoms in total. The van der Waals surface area contributed by atoms with Crippen LogP contribution in [0.25, 0.3) is 0 Å². The van der Waals surface area contributed by atoms with Crippen LogP contribution >= 0.6 is 0 Å². The van der Waals surface area contributed by atoms with E-state index in [2.05, 4.69) is 0 Å². The Balaban J connectivity index is 2.43. The topological polar surface area (TPSA) is 81.8 Å². The van der Waals surface area contributed by atoms with Gasteiger partial charge in [-0.25, -0.2) is 0 Å². The zero-order chi connectivity index (χ0) is 13.8. The number of rotatable bonds is 4. The van der Waals surface area contributed by atoms with Crippen LogP contribution in [0.3, 0.4) is 0 Å². The highest BCUT2D eigenvalue weighted by Gasteiger charge is 2.17. The lowest BCUT2D eigenvalue weighted by Gasteiger charge is -2.09. The number of phenolic OH excluding ortho intramolecular Hbond substituents is 1. The number of hydrogen-bond donors (Lipinski definition) is 1. The molecule has 0 heterocycles. The molecular weight excluding hydrogens is 250 g/mol. The molecule has 1 N–H and O–H groups in total. The van der Waals surface area contributed by atoms with Gasteiger partial charge in [0.15, 0.2) is 11.5 Å². The van der Waals surface area contributed by atoms with Crippen molar-refractivity contribution in [2.24, 2.45) is 0 Å². The minimum absolute atomic E-state index is 0.00542. The van der Waals surface area contributed by atoms with Crippen LogP contribution in [0.5, 0.6) is 23.0 Å². The van der Waals surface area contributed by atoms with Crippen LogP contribution in [0.2, 0.25) is 0 Å². The van der Waals surface area contributed by atoms with Gasteiger partial charge in [-0.2, -0.15) is 0 Å². The number of para-hydroxylation sites is 2. The number of methoxy groups -OCH3 is 1. The molecule has 0 aliphatic rings. The number of nitro benzene ring substituents is 1. The summed E-state index contributed by atoms with van der Waals surface area (Å²) in [5.74, 6) is 0.473. The largest absolute Gasteiger partial charge is 0.504 e. The predicted molar refractivity (Wildman–Crippen MR) is 67.8 cm³/mol. The van der Waals surface area contributed by atoms with Crippen molar-refractivity contribution in [1.29, 1.82) is 0 Å². The second-order valence-electron chi connectivity index (χ2n) is 3.66. The van der Waals surface area contributed by atoms with Crippen LogP contribution in [0.4, 0.5) is 5.69 Å². The molecule has 0 saturated heterocycles. The standard InChI is InChI=1S/C13H11NO5/c1-18-9-6-7-10(14(16)17)13(8-9)19-12-5-3-2-4-11(12)15/h2-8,15H,1H3. The maximum absolute atomic E-state index is 10.9. The van der Waals surface area contributed by atoms with Gasteiger partial charge in [0.2, 0.25) is 5.75 Å². The summed E-state index contributed by atoms with van der Waals surface area (Å²) < 4.78 is 10.4. The van der Waals surface area contributed by atoms with Crippen molar-refractivity contribution < 1.29 is 19.5 Å². The lowest BCUT2D eigenvalue weighted by molar-refractivity contribution is -0.385. The number of hydrogen-bond acceptors (Lipinski definition) is 5. The van der Waals surface area contributed by atoms with E-state index in [1.165, 1.54) is 37.4 Å². The molecule has 2 aromatic rings. The molecule has 0 spiro atoms. The number of phenols is 1. The zero-order valence-electron chi connectivity index (χ0n) is 10.1. The minimum Gasteiger partial charge on any atom is -0.504 e. The van der Waals surface area contributed by atoms with Gasteiger partial charge in [0, 0.05) is 12.1 Å². The van der Waals surface area contributed by atoms with E-state index in [0.29, 0.717) is 5.75 Å². The fourth-order valence-corrected chi connectivity index (χ4v) is 1.52. The number of nitro groups is 1. The van der Waals surface area contributed by atoms with E-state index < -0.39 is 4.92 Å². The summed E-state index contributed by atoms with van der Waals surface area (Å²) in [6.45, 7) is 0. The first-order valence-corrected chi connectivity index (χ1v) is 5.40. The first-order valence-electron chi connectivity index (χ1n) is 5.40. The van der Waals surface area contributed by atoms with Gasteiger partial charge < -0.3 is 14.6 Å². The SMILES string of the molecule is COc1ccc([N+](=O)[O-])c(Oc2ccccc2O)c1. The molecule has 98 valence electrons. The van der Waals surface area contributed by atoms with E-state index in [4.69, 9.17) is 9.47 Å². The van der Waals surface area contributed by atoms with Crippen molar-refractivity contribution in [3.63, 3.8) is 0 Å². The summed E-state index contributed by atoms with van der Waals surface area (Å²) in [6.07, 6.45) is 0. The third kappa shape index (κ3) is 2.74. The Labute approximate surface area is 109 Å². The summed E-state index contributed by atoms with van der Waals surface area (Å²) >= 11 is 0. The lowest BCUT2D eigenvalue weighted by atomic mass is 10.2. The van der Waals surface area contributed by atoms with Gasteiger partial charge in [0.05, 0.1) is 12.0 Å². The van der Waals surface area contributed by atoms with E-state index in [-0.39, 0.29) is 22.9 Å². The van der Waals surface area contributed by atoms with Gasteiger partial charge >= 0.3 is 5.69 Å². The summed E-state index contributed by atoms with van der Waals surface area (Å²) in [4.78, 5) is 10.4. The van der Waals surface area contributed by atoms with Gasteiger partial charge in [-0.3, -0.25) is 10.1 Å². The van der Waals surface area contributed by atoms with Crippen molar-refractivity contribution >= 4 is 5.69 Å². The average Bonchev–Trinajstić information content (AvgIpc) is 2.41. The summed E-state index contributed by atoms with van der Waals surface area (Å²) in [5.41, 5.74) is -0.205. The maximum atomic E-state index is 10.9. The Bertz CT molecular complexity index is 612. The molecule has 0 aliphatic heterocycles. The number of nitrogens with zero attached hydrogens (tertiary/aromatic N) is 1. The van der Waals surface area contributed by atoms with Gasteiger partial charge in [-0.15, -0.1) is 0 Å². The molecule has 0 amide bonds. The van der Waals surface area contributed by atoms with E-state index >= 15 is 0 Å². The monoisotopic (exact) mass is 261 g/mol. The van der Waals surface area contributed by atoms with Crippen LogP contribution < -0.4 is 9.47 Å². The molecular formula is C13H11NO5. The van der Waals surface area contributed by atoms with E-state index in [9.17, 15) is 15.2 Å². The van der Waals surface area contributed by atoms with Crippen molar-refractivity contribution in [1.82, 2.24) is 0 Å².